The molecule has 0 bridgehead atoms. The van der Waals surface area contributed by atoms with Crippen LogP contribution in [0.15, 0.2) is 85.1 Å². The second-order valence-electron chi connectivity index (χ2n) is 14.6. The lowest BCUT2D eigenvalue weighted by molar-refractivity contribution is -0.161. The smallest absolute Gasteiger partial charge is 0.462 e. The minimum absolute atomic E-state index is 0.0327. The highest BCUT2D eigenvalue weighted by Gasteiger charge is 2.36. The van der Waals surface area contributed by atoms with Crippen LogP contribution in [0.4, 0.5) is 0 Å². The highest BCUT2D eigenvalue weighted by atomic mass is 31.2. The molecule has 10 nitrogen and oxygen atoms in total. The van der Waals surface area contributed by atoms with Gasteiger partial charge in [-0.05, 0) is 96.3 Å². The van der Waals surface area contributed by atoms with Crippen molar-refractivity contribution in [3.8, 4) is 0 Å². The van der Waals surface area contributed by atoms with E-state index in [9.17, 15) is 19.0 Å². The molecule has 0 amide bonds. The molecule has 0 aromatic rings. The van der Waals surface area contributed by atoms with Crippen LogP contribution in [0.3, 0.4) is 0 Å². The number of esters is 2. The third-order valence-corrected chi connectivity index (χ3v) is 10.1. The summed E-state index contributed by atoms with van der Waals surface area (Å²) in [7, 11) is -4.41. The summed E-state index contributed by atoms with van der Waals surface area (Å²) in [6.07, 6.45) is 50.7. The first-order chi connectivity index (χ1) is 28.3. The number of epoxide rings is 1. The molecular weight excluding hydrogens is 753 g/mol. The molecule has 0 saturated carbocycles. The molecule has 1 heterocycles. The maximum Gasteiger partial charge on any atom is 0.472 e. The van der Waals surface area contributed by atoms with Gasteiger partial charge in [-0.2, -0.15) is 0 Å². The molecule has 1 aliphatic rings. The first-order valence-electron chi connectivity index (χ1n) is 22.2. The van der Waals surface area contributed by atoms with Crippen LogP contribution in [0.2, 0.25) is 0 Å². The van der Waals surface area contributed by atoms with E-state index in [1.165, 1.54) is 44.9 Å². The van der Waals surface area contributed by atoms with Crippen LogP contribution in [0.5, 0.6) is 0 Å². The summed E-state index contributed by atoms with van der Waals surface area (Å²) in [5.74, 6) is -0.947. The largest absolute Gasteiger partial charge is 0.472 e. The fourth-order valence-corrected chi connectivity index (χ4v) is 6.47. The van der Waals surface area contributed by atoms with Gasteiger partial charge in [0.25, 0.3) is 0 Å². The number of rotatable bonds is 39. The van der Waals surface area contributed by atoms with E-state index >= 15 is 0 Å². The van der Waals surface area contributed by atoms with Gasteiger partial charge in [0.1, 0.15) is 6.61 Å². The molecule has 0 spiro atoms. The average Bonchev–Trinajstić information content (AvgIpc) is 3.97. The molecule has 4 atom stereocenters. The normalized spacial score (nSPS) is 17.6. The maximum absolute atomic E-state index is 12.6. The highest BCUT2D eigenvalue weighted by Crippen LogP contribution is 2.43. The fraction of sp³-hybridized carbons (Fsp3) is 0.660. The molecule has 330 valence electrons. The predicted octanol–water partition coefficient (Wildman–Crippen LogP) is 11.8. The Hall–Kier alpha value is -2.85. The molecule has 3 N–H and O–H groups in total. The fourth-order valence-electron chi connectivity index (χ4n) is 5.71. The van der Waals surface area contributed by atoms with E-state index in [1.807, 2.05) is 6.08 Å². The van der Waals surface area contributed by atoms with Gasteiger partial charge in [0.2, 0.25) is 0 Å². The van der Waals surface area contributed by atoms with Crippen molar-refractivity contribution in [3.05, 3.63) is 85.1 Å². The number of hydrogen-bond acceptors (Lipinski definition) is 9. The van der Waals surface area contributed by atoms with Crippen LogP contribution in [0, 0.1) is 0 Å². The summed E-state index contributed by atoms with van der Waals surface area (Å²) in [5.41, 5.74) is 5.35. The van der Waals surface area contributed by atoms with Crippen molar-refractivity contribution in [2.45, 2.75) is 173 Å². The summed E-state index contributed by atoms with van der Waals surface area (Å²) in [6.45, 7) is 3.53. The van der Waals surface area contributed by atoms with Crippen molar-refractivity contribution < 1.29 is 42.3 Å². The second-order valence-corrected chi connectivity index (χ2v) is 16.0. The standard InChI is InChI=1S/C47H78NO9P/c1-3-5-7-9-11-13-14-15-16-17-18-19-20-21-22-24-26-28-33-37-46(49)53-41-43(42-55-58(51,52)54-40-39-48)56-47(50)38-34-30-29-32-36-45-44(57-45)35-31-27-25-23-12-10-8-6-4-2/h11-13,15-16,18-19,21-23,27,29,31-32,43-45H,3-10,14,17,20,24-26,28,30,33-42,48H2,1-2H3,(H,51,52)/b13-11-,16-15-,19-18-,22-21-,23-12-,31-27-,32-29-/t43-,44?,45?/m1/s1. The van der Waals surface area contributed by atoms with Crippen molar-refractivity contribution in [3.63, 3.8) is 0 Å². The summed E-state index contributed by atoms with van der Waals surface area (Å²) in [6, 6.07) is 0. The van der Waals surface area contributed by atoms with Crippen molar-refractivity contribution in [2.24, 2.45) is 5.73 Å². The van der Waals surface area contributed by atoms with E-state index in [-0.39, 0.29) is 44.8 Å². The first-order valence-corrected chi connectivity index (χ1v) is 23.7. The summed E-state index contributed by atoms with van der Waals surface area (Å²) in [4.78, 5) is 34.9. The van der Waals surface area contributed by atoms with Crippen molar-refractivity contribution in [1.29, 1.82) is 0 Å². The number of hydrogen-bond donors (Lipinski definition) is 2. The summed E-state index contributed by atoms with van der Waals surface area (Å²) < 4.78 is 38.5. The third kappa shape index (κ3) is 35.1. The predicted molar refractivity (Wildman–Crippen MR) is 237 cm³/mol. The molecule has 1 saturated heterocycles. The lowest BCUT2D eigenvalue weighted by atomic mass is 10.1. The van der Waals surface area contributed by atoms with Crippen molar-refractivity contribution >= 4 is 19.8 Å². The van der Waals surface area contributed by atoms with E-state index in [1.54, 1.807) is 0 Å². The number of phosphoric ester groups is 1. The lowest BCUT2D eigenvalue weighted by Gasteiger charge is -2.19. The van der Waals surface area contributed by atoms with Gasteiger partial charge in [-0.1, -0.05) is 131 Å². The molecule has 0 radical (unpaired) electrons. The zero-order valence-electron chi connectivity index (χ0n) is 35.9. The number of carbonyl (C=O) groups excluding carboxylic acids is 2. The summed E-state index contributed by atoms with van der Waals surface area (Å²) >= 11 is 0. The molecule has 1 fully saturated rings. The zero-order valence-corrected chi connectivity index (χ0v) is 36.8. The van der Waals surface area contributed by atoms with Crippen LogP contribution >= 0.6 is 7.82 Å². The molecular formula is C47H78NO9P. The van der Waals surface area contributed by atoms with Gasteiger partial charge in [0.05, 0.1) is 25.4 Å². The van der Waals surface area contributed by atoms with E-state index in [4.69, 9.17) is 29.0 Å². The number of unbranched alkanes of at least 4 members (excludes halogenated alkanes) is 10. The van der Waals surface area contributed by atoms with E-state index in [2.05, 4.69) is 92.8 Å². The van der Waals surface area contributed by atoms with Crippen LogP contribution in [-0.2, 0) is 37.4 Å². The quantitative estimate of drug-likeness (QED) is 0.0202. The molecule has 11 heteroatoms. The Bertz CT molecular complexity index is 1290. The maximum atomic E-state index is 12.6. The SMILES string of the molecule is CCCCC/C=C\C/C=C\C/C=C\C/C=C\CCCCCC(=O)OC[C@H](COP(=O)(O)OCCN)OC(=O)CCC/C=C\CC1OC1C/C=C\C/C=C\CCCCC. The molecule has 58 heavy (non-hydrogen) atoms. The Morgan fingerprint density at radius 1 is 0.603 bits per heavy atom. The van der Waals surface area contributed by atoms with E-state index in [0.29, 0.717) is 19.3 Å². The molecule has 0 aromatic carbocycles. The van der Waals surface area contributed by atoms with Gasteiger partial charge in [-0.3, -0.25) is 18.6 Å². The lowest BCUT2D eigenvalue weighted by Crippen LogP contribution is -2.29. The van der Waals surface area contributed by atoms with Gasteiger partial charge in [-0.25, -0.2) is 4.57 Å². The highest BCUT2D eigenvalue weighted by molar-refractivity contribution is 7.47. The molecule has 1 aliphatic heterocycles. The van der Waals surface area contributed by atoms with E-state index < -0.39 is 32.5 Å². The Balaban J connectivity index is 2.26. The number of phosphoric acid groups is 1. The Morgan fingerprint density at radius 2 is 1.07 bits per heavy atom. The van der Waals surface area contributed by atoms with Crippen LogP contribution in [-0.4, -0.2) is 61.5 Å². The Kier molecular flexibility index (Phi) is 35.2. The number of nitrogens with two attached hydrogens (primary N) is 1. The minimum atomic E-state index is -4.41. The summed E-state index contributed by atoms with van der Waals surface area (Å²) in [5, 5.41) is 0. The number of ether oxygens (including phenoxy) is 3. The molecule has 0 aromatic heterocycles. The number of carbonyl (C=O) groups is 2. The second kappa shape index (κ2) is 38.4. The molecule has 1 rings (SSSR count). The van der Waals surface area contributed by atoms with Crippen LogP contribution < -0.4 is 5.73 Å². The van der Waals surface area contributed by atoms with Gasteiger partial charge in [-0.15, -0.1) is 0 Å². The van der Waals surface area contributed by atoms with Gasteiger partial charge in [0, 0.05) is 19.4 Å². The van der Waals surface area contributed by atoms with Gasteiger partial charge < -0.3 is 24.8 Å². The van der Waals surface area contributed by atoms with Crippen molar-refractivity contribution in [2.75, 3.05) is 26.4 Å². The van der Waals surface area contributed by atoms with Gasteiger partial charge >= 0.3 is 19.8 Å². The zero-order chi connectivity index (χ0) is 42.2. The van der Waals surface area contributed by atoms with Crippen LogP contribution in [0.1, 0.15) is 155 Å². The Morgan fingerprint density at radius 3 is 1.62 bits per heavy atom. The third-order valence-electron chi connectivity index (χ3n) is 9.16. The average molecular weight is 832 g/mol. The van der Waals surface area contributed by atoms with E-state index in [0.717, 1.165) is 64.2 Å². The minimum Gasteiger partial charge on any atom is -0.462 e. The topological polar surface area (TPSA) is 147 Å². The molecule has 3 unspecified atom stereocenters. The number of allylic oxidation sites excluding steroid dienone is 12. The monoisotopic (exact) mass is 832 g/mol. The Labute approximate surface area is 351 Å². The van der Waals surface area contributed by atoms with Crippen LogP contribution in [0.25, 0.3) is 0 Å². The first kappa shape index (κ1) is 53.2. The van der Waals surface area contributed by atoms with Crippen molar-refractivity contribution in [1.82, 2.24) is 0 Å². The van der Waals surface area contributed by atoms with Gasteiger partial charge in [0.15, 0.2) is 6.10 Å². The molecule has 0 aliphatic carbocycles.